The van der Waals surface area contributed by atoms with Crippen LogP contribution in [-0.4, -0.2) is 67.1 Å². The summed E-state index contributed by atoms with van der Waals surface area (Å²) in [6.07, 6.45) is 10.3. The highest BCUT2D eigenvalue weighted by molar-refractivity contribution is 5.88. The van der Waals surface area contributed by atoms with Gasteiger partial charge in [0.25, 0.3) is 5.56 Å². The van der Waals surface area contributed by atoms with Crippen molar-refractivity contribution in [2.45, 2.75) is 25.3 Å². The van der Waals surface area contributed by atoms with Gasteiger partial charge in [0.2, 0.25) is 5.91 Å². The number of likely N-dealkylation sites (N-methyl/N-ethyl adjacent to an activating group) is 1. The molecule has 32 heavy (non-hydrogen) atoms. The molecular weight excluding hydrogens is 404 g/mol. The first-order valence-electron chi connectivity index (χ1n) is 11.3. The first-order valence-corrected chi connectivity index (χ1v) is 11.3. The van der Waals surface area contributed by atoms with E-state index in [1.165, 1.54) is 12.8 Å². The van der Waals surface area contributed by atoms with Crippen molar-refractivity contribution >= 4 is 17.4 Å². The number of rotatable bonds is 9. The average Bonchev–Trinajstić information content (AvgIpc) is 3.51. The van der Waals surface area contributed by atoms with Gasteiger partial charge in [-0.3, -0.25) is 9.59 Å². The molecule has 2 aliphatic rings. The van der Waals surface area contributed by atoms with Crippen molar-refractivity contribution in [1.82, 2.24) is 20.2 Å². The van der Waals surface area contributed by atoms with Crippen LogP contribution in [0, 0.1) is 5.92 Å². The highest BCUT2D eigenvalue weighted by Crippen LogP contribution is 2.34. The maximum absolute atomic E-state index is 12.9. The molecule has 0 radical (unpaired) electrons. The zero-order valence-electron chi connectivity index (χ0n) is 18.8. The van der Waals surface area contributed by atoms with Crippen molar-refractivity contribution in [2.24, 2.45) is 5.92 Å². The predicted octanol–water partition coefficient (Wildman–Crippen LogP) is 2.07. The SMILES string of the molecule is CNCC=CC(=O)N1CCC(N(CC2CC2)c2cc(-c3ccnc(NC)c3)c[nH]c2=O)C1. The zero-order valence-corrected chi connectivity index (χ0v) is 18.8. The molecule has 1 unspecified atom stereocenters. The van der Waals surface area contributed by atoms with Crippen molar-refractivity contribution in [3.05, 3.63) is 53.1 Å². The van der Waals surface area contributed by atoms with Crippen molar-refractivity contribution in [3.8, 4) is 11.1 Å². The van der Waals surface area contributed by atoms with Gasteiger partial charge in [-0.25, -0.2) is 4.98 Å². The van der Waals surface area contributed by atoms with Crippen LogP contribution in [-0.2, 0) is 4.79 Å². The molecule has 1 saturated carbocycles. The summed E-state index contributed by atoms with van der Waals surface area (Å²) >= 11 is 0. The molecule has 2 fully saturated rings. The topological polar surface area (TPSA) is 93.4 Å². The van der Waals surface area contributed by atoms with E-state index in [1.54, 1.807) is 18.5 Å². The summed E-state index contributed by atoms with van der Waals surface area (Å²) in [5, 5.41) is 6.07. The van der Waals surface area contributed by atoms with Crippen LogP contribution in [0.1, 0.15) is 19.3 Å². The van der Waals surface area contributed by atoms with Crippen LogP contribution in [0.15, 0.2) is 47.5 Å². The van der Waals surface area contributed by atoms with Crippen LogP contribution < -0.4 is 21.1 Å². The number of hydrogen-bond donors (Lipinski definition) is 3. The minimum absolute atomic E-state index is 0.0353. The maximum atomic E-state index is 12.9. The molecular formula is C24H32N6O2. The Morgan fingerprint density at radius 1 is 1.28 bits per heavy atom. The number of nitrogens with one attached hydrogen (secondary N) is 3. The minimum atomic E-state index is -0.0870. The number of anilines is 2. The van der Waals surface area contributed by atoms with Gasteiger partial charge >= 0.3 is 0 Å². The molecule has 8 nitrogen and oxygen atoms in total. The fraction of sp³-hybridized carbons (Fsp3) is 0.458. The van der Waals surface area contributed by atoms with Gasteiger partial charge in [-0.05, 0) is 56.0 Å². The number of carbonyl (C=O) groups is 1. The van der Waals surface area contributed by atoms with Crippen LogP contribution in [0.25, 0.3) is 11.1 Å². The lowest BCUT2D eigenvalue weighted by Crippen LogP contribution is -2.42. The molecule has 0 spiro atoms. The van der Waals surface area contributed by atoms with E-state index in [1.807, 2.05) is 43.3 Å². The minimum Gasteiger partial charge on any atom is -0.373 e. The van der Waals surface area contributed by atoms with Crippen molar-refractivity contribution in [3.63, 3.8) is 0 Å². The summed E-state index contributed by atoms with van der Waals surface area (Å²) in [5.41, 5.74) is 2.53. The average molecular weight is 437 g/mol. The van der Waals surface area contributed by atoms with Crippen LogP contribution in [0.5, 0.6) is 0 Å². The lowest BCUT2D eigenvalue weighted by molar-refractivity contribution is -0.125. The maximum Gasteiger partial charge on any atom is 0.271 e. The van der Waals surface area contributed by atoms with Gasteiger partial charge < -0.3 is 25.4 Å². The molecule has 1 aliphatic heterocycles. The Morgan fingerprint density at radius 2 is 2.12 bits per heavy atom. The monoisotopic (exact) mass is 436 g/mol. The van der Waals surface area contributed by atoms with E-state index in [0.29, 0.717) is 31.2 Å². The molecule has 1 amide bonds. The number of hydrogen-bond acceptors (Lipinski definition) is 6. The summed E-state index contributed by atoms with van der Waals surface area (Å²) in [5.74, 6) is 1.43. The Labute approximate surface area is 188 Å². The molecule has 1 aliphatic carbocycles. The molecule has 8 heteroatoms. The lowest BCUT2D eigenvalue weighted by Gasteiger charge is -2.31. The number of likely N-dealkylation sites (tertiary alicyclic amines) is 1. The quantitative estimate of drug-likeness (QED) is 0.521. The zero-order chi connectivity index (χ0) is 22.5. The largest absolute Gasteiger partial charge is 0.373 e. The number of amides is 1. The number of aromatic amines is 1. The Hall–Kier alpha value is -3.13. The molecule has 3 heterocycles. The van der Waals surface area contributed by atoms with Gasteiger partial charge in [0.1, 0.15) is 11.5 Å². The third-order valence-corrected chi connectivity index (χ3v) is 6.19. The number of H-pyrrole nitrogens is 1. The molecule has 170 valence electrons. The standard InChI is InChI=1S/C24H32N6O2/c1-25-9-3-4-23(31)29-11-8-20(16-29)30(15-17-5-6-17)21-12-19(14-28-24(21)32)18-7-10-27-22(13-18)26-2/h3-4,7,10,12-14,17,20,25H,5-6,8-9,11,15-16H2,1-2H3,(H,26,27)(H,28,32). The van der Waals surface area contributed by atoms with E-state index >= 15 is 0 Å². The van der Waals surface area contributed by atoms with Gasteiger partial charge in [0.05, 0.1) is 0 Å². The van der Waals surface area contributed by atoms with E-state index in [-0.39, 0.29) is 17.5 Å². The number of aromatic nitrogens is 2. The molecule has 1 atom stereocenters. The Kier molecular flexibility index (Phi) is 6.90. The molecule has 4 rings (SSSR count). The summed E-state index contributed by atoms with van der Waals surface area (Å²) in [6.45, 7) is 2.87. The van der Waals surface area contributed by atoms with E-state index in [4.69, 9.17) is 0 Å². The second-order valence-electron chi connectivity index (χ2n) is 8.57. The van der Waals surface area contributed by atoms with Gasteiger partial charge in [-0.15, -0.1) is 0 Å². The fourth-order valence-corrected chi connectivity index (χ4v) is 4.20. The Morgan fingerprint density at radius 3 is 2.88 bits per heavy atom. The molecule has 2 aromatic rings. The van der Waals surface area contributed by atoms with Crippen molar-refractivity contribution < 1.29 is 4.79 Å². The summed E-state index contributed by atoms with van der Waals surface area (Å²) in [4.78, 5) is 36.8. The van der Waals surface area contributed by atoms with Crippen LogP contribution in [0.3, 0.4) is 0 Å². The smallest absolute Gasteiger partial charge is 0.271 e. The third kappa shape index (κ3) is 5.19. The van der Waals surface area contributed by atoms with Crippen LogP contribution >= 0.6 is 0 Å². The van der Waals surface area contributed by atoms with Crippen molar-refractivity contribution in [1.29, 1.82) is 0 Å². The molecule has 0 bridgehead atoms. The second kappa shape index (κ2) is 9.99. The normalized spacial score (nSPS) is 18.3. The Balaban J connectivity index is 1.58. The second-order valence-corrected chi connectivity index (χ2v) is 8.57. The number of nitrogens with zero attached hydrogens (tertiary/aromatic N) is 3. The van der Waals surface area contributed by atoms with Gasteiger partial charge in [-0.1, -0.05) is 6.08 Å². The van der Waals surface area contributed by atoms with Gasteiger partial charge in [-0.2, -0.15) is 0 Å². The van der Waals surface area contributed by atoms with E-state index < -0.39 is 0 Å². The predicted molar refractivity (Wildman–Crippen MR) is 128 cm³/mol. The van der Waals surface area contributed by atoms with Gasteiger partial charge in [0, 0.05) is 63.3 Å². The number of pyridine rings is 2. The summed E-state index contributed by atoms with van der Waals surface area (Å²) in [7, 11) is 3.69. The fourth-order valence-electron chi connectivity index (χ4n) is 4.20. The van der Waals surface area contributed by atoms with E-state index in [9.17, 15) is 9.59 Å². The molecule has 0 aromatic carbocycles. The molecule has 2 aromatic heterocycles. The Bertz CT molecular complexity index is 1030. The first-order chi connectivity index (χ1) is 15.6. The highest BCUT2D eigenvalue weighted by atomic mass is 16.2. The summed E-state index contributed by atoms with van der Waals surface area (Å²) in [6, 6.07) is 6.03. The third-order valence-electron chi connectivity index (χ3n) is 6.19. The van der Waals surface area contributed by atoms with E-state index in [0.717, 1.165) is 29.9 Å². The summed E-state index contributed by atoms with van der Waals surface area (Å²) < 4.78 is 0. The number of carbonyl (C=O) groups excluding carboxylic acids is 1. The van der Waals surface area contributed by atoms with Crippen LogP contribution in [0.2, 0.25) is 0 Å². The van der Waals surface area contributed by atoms with Crippen molar-refractivity contribution in [2.75, 3.05) is 50.5 Å². The first kappa shape index (κ1) is 22.1. The van der Waals surface area contributed by atoms with Crippen LogP contribution in [0.4, 0.5) is 11.5 Å². The highest BCUT2D eigenvalue weighted by Gasteiger charge is 2.34. The lowest BCUT2D eigenvalue weighted by atomic mass is 10.1. The van der Waals surface area contributed by atoms with Gasteiger partial charge in [0.15, 0.2) is 0 Å². The van der Waals surface area contributed by atoms with E-state index in [2.05, 4.69) is 25.5 Å². The molecule has 3 N–H and O–H groups in total. The molecule has 1 saturated heterocycles.